The molecule has 6 rings (SSSR count). The summed E-state index contributed by atoms with van der Waals surface area (Å²) in [6.07, 6.45) is 5.79. The summed E-state index contributed by atoms with van der Waals surface area (Å²) in [5, 5.41) is 3.36. The zero-order valence-electron chi connectivity index (χ0n) is 20.1. The molecule has 3 N–H and O–H groups in total. The molecule has 2 saturated heterocycles. The van der Waals surface area contributed by atoms with Crippen molar-refractivity contribution < 1.29 is 13.9 Å². The Morgan fingerprint density at radius 2 is 2.06 bits per heavy atom. The minimum absolute atomic E-state index is 0.0418. The first-order valence-corrected chi connectivity index (χ1v) is 13.2. The van der Waals surface area contributed by atoms with Crippen molar-refractivity contribution in [3.05, 3.63) is 65.0 Å². The monoisotopic (exact) mass is 478 g/mol. The van der Waals surface area contributed by atoms with E-state index in [0.29, 0.717) is 18.5 Å². The topological polar surface area (TPSA) is 65.6 Å². The number of hydrogen-bond donors (Lipinski definition) is 3. The van der Waals surface area contributed by atoms with E-state index in [1.54, 1.807) is 6.07 Å². The number of nitrogens with one attached hydrogen (secondary N) is 3. The van der Waals surface area contributed by atoms with Crippen molar-refractivity contribution in [3.8, 4) is 5.75 Å². The molecule has 1 aliphatic carbocycles. The molecule has 5 atom stereocenters. The van der Waals surface area contributed by atoms with Crippen molar-refractivity contribution in [3.63, 3.8) is 0 Å². The zero-order valence-corrected chi connectivity index (χ0v) is 20.1. The van der Waals surface area contributed by atoms with Crippen LogP contribution in [-0.4, -0.2) is 42.6 Å². The first-order valence-electron chi connectivity index (χ1n) is 13.2. The van der Waals surface area contributed by atoms with Gasteiger partial charge in [0.15, 0.2) is 0 Å². The lowest BCUT2D eigenvalue weighted by Gasteiger charge is -2.36. The van der Waals surface area contributed by atoms with Crippen LogP contribution in [0.2, 0.25) is 0 Å². The predicted octanol–water partition coefficient (Wildman–Crippen LogP) is 3.48. The summed E-state index contributed by atoms with van der Waals surface area (Å²) < 4.78 is 19.8. The average Bonchev–Trinajstić information content (AvgIpc) is 3.51. The number of piperidine rings is 1. The first kappa shape index (κ1) is 23.0. The number of carbonyl (C=O) groups is 1. The average molecular weight is 479 g/mol. The second kappa shape index (κ2) is 9.88. The van der Waals surface area contributed by atoms with E-state index >= 15 is 0 Å². The largest absolute Gasteiger partial charge is 0.493 e. The third kappa shape index (κ3) is 4.82. The van der Waals surface area contributed by atoms with E-state index in [2.05, 4.69) is 39.3 Å². The van der Waals surface area contributed by atoms with E-state index in [9.17, 15) is 9.18 Å². The van der Waals surface area contributed by atoms with Gasteiger partial charge in [0.25, 0.3) is 0 Å². The van der Waals surface area contributed by atoms with E-state index in [1.165, 1.54) is 17.2 Å². The molecule has 0 radical (unpaired) electrons. The molecule has 186 valence electrons. The molecule has 4 aliphatic rings. The Labute approximate surface area is 206 Å². The number of benzene rings is 2. The third-order valence-electron chi connectivity index (χ3n) is 8.40. The highest BCUT2D eigenvalue weighted by atomic mass is 19.1. The second-order valence-electron chi connectivity index (χ2n) is 10.7. The van der Waals surface area contributed by atoms with Crippen molar-refractivity contribution in [2.75, 3.05) is 19.7 Å². The maximum Gasteiger partial charge on any atom is 0.223 e. The van der Waals surface area contributed by atoms with Crippen molar-refractivity contribution in [1.82, 2.24) is 21.1 Å². The SMILES string of the molecule is O=C(N[C@@H]1CCCN(Cc2ccccc2F)C1)C1CCC2NNC(c3ccc4c(c3)CCO4)C2C1. The van der Waals surface area contributed by atoms with Gasteiger partial charge in [0.2, 0.25) is 5.91 Å². The fraction of sp³-hybridized carbons (Fsp3) is 0.536. The molecule has 2 aromatic carbocycles. The summed E-state index contributed by atoms with van der Waals surface area (Å²) in [5.41, 5.74) is 10.3. The van der Waals surface area contributed by atoms with E-state index in [0.717, 1.165) is 69.5 Å². The van der Waals surface area contributed by atoms with Gasteiger partial charge in [-0.2, -0.15) is 0 Å². The van der Waals surface area contributed by atoms with E-state index in [4.69, 9.17) is 4.74 Å². The summed E-state index contributed by atoms with van der Waals surface area (Å²) in [6, 6.07) is 14.3. The highest BCUT2D eigenvalue weighted by Crippen LogP contribution is 2.41. The van der Waals surface area contributed by atoms with Crippen LogP contribution in [-0.2, 0) is 17.8 Å². The normalized spacial score (nSPS) is 30.4. The van der Waals surface area contributed by atoms with Crippen LogP contribution in [0.25, 0.3) is 0 Å². The lowest BCUT2D eigenvalue weighted by atomic mass is 9.74. The number of nitrogens with zero attached hydrogens (tertiary/aromatic N) is 1. The molecule has 3 fully saturated rings. The molecule has 6 nitrogen and oxygen atoms in total. The van der Waals surface area contributed by atoms with E-state index < -0.39 is 0 Å². The maximum atomic E-state index is 14.1. The molecular weight excluding hydrogens is 443 g/mol. The van der Waals surface area contributed by atoms with Gasteiger partial charge in [0, 0.05) is 43.1 Å². The fourth-order valence-electron chi connectivity index (χ4n) is 6.53. The molecule has 3 aliphatic heterocycles. The van der Waals surface area contributed by atoms with Crippen LogP contribution < -0.4 is 20.9 Å². The third-order valence-corrected chi connectivity index (χ3v) is 8.40. The fourth-order valence-corrected chi connectivity index (χ4v) is 6.53. The molecule has 7 heteroatoms. The Morgan fingerprint density at radius 1 is 1.14 bits per heavy atom. The molecule has 3 heterocycles. The maximum absolute atomic E-state index is 14.1. The molecule has 4 unspecified atom stereocenters. The van der Waals surface area contributed by atoms with E-state index in [1.807, 2.05) is 12.1 Å². The smallest absolute Gasteiger partial charge is 0.223 e. The van der Waals surface area contributed by atoms with Gasteiger partial charge < -0.3 is 10.1 Å². The van der Waals surface area contributed by atoms with Crippen LogP contribution in [0.15, 0.2) is 42.5 Å². The molecule has 0 aromatic heterocycles. The second-order valence-corrected chi connectivity index (χ2v) is 10.7. The van der Waals surface area contributed by atoms with Crippen LogP contribution in [0.3, 0.4) is 0 Å². The van der Waals surface area contributed by atoms with Crippen LogP contribution in [0.5, 0.6) is 5.75 Å². The van der Waals surface area contributed by atoms with Crippen LogP contribution in [0.1, 0.15) is 54.8 Å². The number of halogens is 1. The molecule has 1 amide bonds. The number of ether oxygens (including phenoxy) is 1. The van der Waals surface area contributed by atoms with Gasteiger partial charge in [-0.1, -0.05) is 30.3 Å². The highest BCUT2D eigenvalue weighted by molar-refractivity contribution is 5.79. The number of carbonyl (C=O) groups excluding carboxylic acids is 1. The Bertz CT molecular complexity index is 1080. The predicted molar refractivity (Wildman–Crippen MR) is 132 cm³/mol. The van der Waals surface area contributed by atoms with Crippen molar-refractivity contribution in [2.24, 2.45) is 11.8 Å². The van der Waals surface area contributed by atoms with Crippen LogP contribution in [0, 0.1) is 17.7 Å². The van der Waals surface area contributed by atoms with Gasteiger partial charge in [0.05, 0.1) is 12.6 Å². The van der Waals surface area contributed by atoms with Crippen molar-refractivity contribution >= 4 is 5.91 Å². The molecule has 1 saturated carbocycles. The number of amides is 1. The van der Waals surface area contributed by atoms with Gasteiger partial charge in [-0.25, -0.2) is 9.82 Å². The summed E-state index contributed by atoms with van der Waals surface area (Å²) in [7, 11) is 0. The minimum Gasteiger partial charge on any atom is -0.493 e. The number of hydrogen-bond acceptors (Lipinski definition) is 5. The summed E-state index contributed by atoms with van der Waals surface area (Å²) in [5.74, 6) is 1.48. The van der Waals surface area contributed by atoms with Crippen molar-refractivity contribution in [1.29, 1.82) is 0 Å². The molecule has 0 bridgehead atoms. The van der Waals surface area contributed by atoms with Gasteiger partial charge in [-0.15, -0.1) is 0 Å². The first-order chi connectivity index (χ1) is 17.1. The Morgan fingerprint density at radius 3 is 2.97 bits per heavy atom. The lowest BCUT2D eigenvalue weighted by Crippen LogP contribution is -2.50. The Hall–Kier alpha value is -2.48. The molecule has 0 spiro atoms. The van der Waals surface area contributed by atoms with Crippen molar-refractivity contribution in [2.45, 2.75) is 63.2 Å². The van der Waals surface area contributed by atoms with E-state index in [-0.39, 0.29) is 29.7 Å². The van der Waals surface area contributed by atoms with Gasteiger partial charge >= 0.3 is 0 Å². The van der Waals surface area contributed by atoms with Crippen LogP contribution >= 0.6 is 0 Å². The van der Waals surface area contributed by atoms with Gasteiger partial charge in [-0.05, 0) is 67.8 Å². The number of hydrazine groups is 1. The highest BCUT2D eigenvalue weighted by Gasteiger charge is 2.43. The summed E-state index contributed by atoms with van der Waals surface area (Å²) in [6.45, 7) is 3.08. The molecule has 2 aromatic rings. The standard InChI is InChI=1S/C28H35FN4O2/c29-24-6-2-1-4-21(24)16-33-12-3-5-22(17-33)30-28(34)20-7-9-25-23(15-20)27(32-31-25)19-8-10-26-18(14-19)11-13-35-26/h1-2,4,6,8,10,14,20,22-23,25,27,31-32H,3,5,7,9,11-13,15-17H2,(H,30,34)/t20?,22-,23?,25?,27?/m1/s1. The van der Waals surface area contributed by atoms with Gasteiger partial charge in [0.1, 0.15) is 11.6 Å². The summed E-state index contributed by atoms with van der Waals surface area (Å²) >= 11 is 0. The zero-order chi connectivity index (χ0) is 23.8. The quantitative estimate of drug-likeness (QED) is 0.614. The number of likely N-dealkylation sites (tertiary alicyclic amines) is 1. The van der Waals surface area contributed by atoms with Gasteiger partial charge in [-0.3, -0.25) is 15.1 Å². The Kier molecular flexibility index (Phi) is 6.48. The number of rotatable bonds is 5. The number of fused-ring (bicyclic) bond motifs is 2. The summed E-state index contributed by atoms with van der Waals surface area (Å²) in [4.78, 5) is 15.6. The minimum atomic E-state index is -0.153. The van der Waals surface area contributed by atoms with Crippen LogP contribution in [0.4, 0.5) is 4.39 Å². The molecular formula is C28H35FN4O2. The molecule has 35 heavy (non-hydrogen) atoms. The lowest BCUT2D eigenvalue weighted by molar-refractivity contribution is -0.127. The Balaban J connectivity index is 1.07.